The molecule has 0 atom stereocenters. The first-order chi connectivity index (χ1) is 11.0. The van der Waals surface area contributed by atoms with Gasteiger partial charge in [0.25, 0.3) is 5.91 Å². The SMILES string of the molecule is Cc1ncccc1CNc1ccc(OCC(=O)N(C)C)cc1F. The van der Waals surface area contributed by atoms with Crippen molar-refractivity contribution in [2.45, 2.75) is 13.5 Å². The van der Waals surface area contributed by atoms with Gasteiger partial charge in [0.1, 0.15) is 11.6 Å². The third-order valence-corrected chi connectivity index (χ3v) is 3.39. The van der Waals surface area contributed by atoms with Gasteiger partial charge in [-0.05, 0) is 30.7 Å². The second kappa shape index (κ2) is 7.58. The van der Waals surface area contributed by atoms with E-state index in [0.717, 1.165) is 11.3 Å². The number of aromatic nitrogens is 1. The largest absolute Gasteiger partial charge is 0.484 e. The van der Waals surface area contributed by atoms with Crippen LogP contribution in [0, 0.1) is 12.7 Å². The van der Waals surface area contributed by atoms with Gasteiger partial charge < -0.3 is 15.0 Å². The molecule has 0 aliphatic carbocycles. The number of hydrogen-bond acceptors (Lipinski definition) is 4. The maximum Gasteiger partial charge on any atom is 0.259 e. The Morgan fingerprint density at radius 1 is 1.35 bits per heavy atom. The highest BCUT2D eigenvalue weighted by molar-refractivity contribution is 5.77. The number of amides is 1. The van der Waals surface area contributed by atoms with Crippen LogP contribution in [0.1, 0.15) is 11.3 Å². The van der Waals surface area contributed by atoms with Crippen molar-refractivity contribution in [1.82, 2.24) is 9.88 Å². The Bertz CT molecular complexity index is 689. The van der Waals surface area contributed by atoms with Gasteiger partial charge in [0.05, 0.1) is 5.69 Å². The molecule has 23 heavy (non-hydrogen) atoms. The summed E-state index contributed by atoms with van der Waals surface area (Å²) in [5.74, 6) is -0.290. The van der Waals surface area contributed by atoms with E-state index < -0.39 is 5.82 Å². The second-order valence-electron chi connectivity index (χ2n) is 5.32. The Balaban J connectivity index is 1.97. The molecule has 1 aromatic heterocycles. The average molecular weight is 317 g/mol. The molecule has 0 saturated carbocycles. The zero-order chi connectivity index (χ0) is 16.8. The van der Waals surface area contributed by atoms with Crippen LogP contribution in [-0.4, -0.2) is 36.5 Å². The van der Waals surface area contributed by atoms with E-state index in [4.69, 9.17) is 4.74 Å². The Morgan fingerprint density at radius 3 is 2.78 bits per heavy atom. The van der Waals surface area contributed by atoms with Gasteiger partial charge in [-0.1, -0.05) is 6.07 Å². The molecule has 0 spiro atoms. The van der Waals surface area contributed by atoms with Crippen molar-refractivity contribution in [1.29, 1.82) is 0 Å². The minimum atomic E-state index is -0.429. The van der Waals surface area contributed by atoms with Gasteiger partial charge in [0.15, 0.2) is 6.61 Å². The van der Waals surface area contributed by atoms with E-state index in [-0.39, 0.29) is 12.5 Å². The lowest BCUT2D eigenvalue weighted by molar-refractivity contribution is -0.130. The minimum absolute atomic E-state index is 0.117. The fraction of sp³-hybridized carbons (Fsp3) is 0.294. The van der Waals surface area contributed by atoms with Crippen LogP contribution in [0.15, 0.2) is 36.5 Å². The molecule has 5 nitrogen and oxygen atoms in total. The number of benzene rings is 1. The number of halogens is 1. The molecule has 2 aromatic rings. The maximum atomic E-state index is 14.1. The Morgan fingerprint density at radius 2 is 2.13 bits per heavy atom. The number of anilines is 1. The number of rotatable bonds is 6. The summed E-state index contributed by atoms with van der Waals surface area (Å²) in [6, 6.07) is 8.28. The van der Waals surface area contributed by atoms with Gasteiger partial charge >= 0.3 is 0 Å². The number of likely N-dealkylation sites (N-methyl/N-ethyl adjacent to an activating group) is 1. The smallest absolute Gasteiger partial charge is 0.259 e. The van der Waals surface area contributed by atoms with Crippen molar-refractivity contribution in [2.75, 3.05) is 26.0 Å². The van der Waals surface area contributed by atoms with Crippen molar-refractivity contribution in [3.8, 4) is 5.75 Å². The predicted octanol–water partition coefficient (Wildman–Crippen LogP) is 2.61. The zero-order valence-electron chi connectivity index (χ0n) is 13.5. The topological polar surface area (TPSA) is 54.5 Å². The van der Waals surface area contributed by atoms with Gasteiger partial charge in [-0.15, -0.1) is 0 Å². The standard InChI is InChI=1S/C17H20FN3O2/c1-12-13(5-4-8-19-12)10-20-16-7-6-14(9-15(16)18)23-11-17(22)21(2)3/h4-9,20H,10-11H2,1-3H3. The Kier molecular flexibility index (Phi) is 5.51. The lowest BCUT2D eigenvalue weighted by atomic mass is 10.2. The summed E-state index contributed by atoms with van der Waals surface area (Å²) in [6.07, 6.45) is 1.72. The van der Waals surface area contributed by atoms with E-state index in [9.17, 15) is 9.18 Å². The van der Waals surface area contributed by atoms with Crippen LogP contribution in [0.3, 0.4) is 0 Å². The molecule has 0 saturated heterocycles. The highest BCUT2D eigenvalue weighted by atomic mass is 19.1. The van der Waals surface area contributed by atoms with Crippen molar-refractivity contribution in [2.24, 2.45) is 0 Å². The maximum absolute atomic E-state index is 14.1. The van der Waals surface area contributed by atoms with E-state index >= 15 is 0 Å². The third kappa shape index (κ3) is 4.67. The molecular formula is C17H20FN3O2. The molecule has 0 radical (unpaired) electrons. The van der Waals surface area contributed by atoms with E-state index in [1.54, 1.807) is 32.4 Å². The van der Waals surface area contributed by atoms with Gasteiger partial charge in [0.2, 0.25) is 0 Å². The third-order valence-electron chi connectivity index (χ3n) is 3.39. The van der Waals surface area contributed by atoms with Crippen LogP contribution >= 0.6 is 0 Å². The van der Waals surface area contributed by atoms with Gasteiger partial charge in [-0.2, -0.15) is 0 Å². The highest BCUT2D eigenvalue weighted by Crippen LogP contribution is 2.21. The van der Waals surface area contributed by atoms with Crippen molar-refractivity contribution in [3.05, 3.63) is 53.6 Å². The van der Waals surface area contributed by atoms with E-state index in [1.807, 2.05) is 19.1 Å². The molecule has 0 aliphatic heterocycles. The van der Waals surface area contributed by atoms with Crippen molar-refractivity contribution < 1.29 is 13.9 Å². The summed E-state index contributed by atoms with van der Waals surface area (Å²) < 4.78 is 19.4. The van der Waals surface area contributed by atoms with Crippen LogP contribution < -0.4 is 10.1 Å². The average Bonchev–Trinajstić information content (AvgIpc) is 2.53. The van der Waals surface area contributed by atoms with Crippen molar-refractivity contribution in [3.63, 3.8) is 0 Å². The number of nitrogens with zero attached hydrogens (tertiary/aromatic N) is 2. The molecule has 0 bridgehead atoms. The fourth-order valence-electron chi connectivity index (χ4n) is 1.90. The molecule has 2 rings (SSSR count). The number of hydrogen-bond donors (Lipinski definition) is 1. The molecule has 6 heteroatoms. The number of pyridine rings is 1. The van der Waals surface area contributed by atoms with Crippen LogP contribution in [0.5, 0.6) is 5.75 Å². The van der Waals surface area contributed by atoms with E-state index in [0.29, 0.717) is 18.0 Å². The summed E-state index contributed by atoms with van der Waals surface area (Å²) in [5, 5.41) is 3.03. The predicted molar refractivity (Wildman–Crippen MR) is 86.9 cm³/mol. The normalized spacial score (nSPS) is 10.3. The van der Waals surface area contributed by atoms with Crippen molar-refractivity contribution >= 4 is 11.6 Å². The summed E-state index contributed by atoms with van der Waals surface area (Å²) >= 11 is 0. The van der Waals surface area contributed by atoms with Gasteiger partial charge in [0, 0.05) is 38.6 Å². The van der Waals surface area contributed by atoms with E-state index in [2.05, 4.69) is 10.3 Å². The molecule has 1 amide bonds. The van der Waals surface area contributed by atoms with Crippen LogP contribution in [0.25, 0.3) is 0 Å². The molecular weight excluding hydrogens is 297 g/mol. The lowest BCUT2D eigenvalue weighted by Crippen LogP contribution is -2.27. The molecule has 1 heterocycles. The highest BCUT2D eigenvalue weighted by Gasteiger charge is 2.08. The fourth-order valence-corrected chi connectivity index (χ4v) is 1.90. The number of ether oxygens (including phenoxy) is 1. The molecule has 1 N–H and O–H groups in total. The number of aryl methyl sites for hydroxylation is 1. The van der Waals surface area contributed by atoms with Gasteiger partial charge in [-0.3, -0.25) is 9.78 Å². The van der Waals surface area contributed by atoms with E-state index in [1.165, 1.54) is 11.0 Å². The first-order valence-corrected chi connectivity index (χ1v) is 7.24. The Labute approximate surface area is 135 Å². The monoisotopic (exact) mass is 317 g/mol. The first-order valence-electron chi connectivity index (χ1n) is 7.24. The minimum Gasteiger partial charge on any atom is -0.484 e. The molecule has 0 fully saturated rings. The summed E-state index contributed by atoms with van der Waals surface area (Å²) in [7, 11) is 3.28. The number of carbonyl (C=O) groups excluding carboxylic acids is 1. The van der Waals surface area contributed by atoms with Gasteiger partial charge in [-0.25, -0.2) is 4.39 Å². The quantitative estimate of drug-likeness (QED) is 0.890. The molecule has 0 aliphatic rings. The summed E-state index contributed by atoms with van der Waals surface area (Å²) in [5.41, 5.74) is 2.28. The number of nitrogens with one attached hydrogen (secondary N) is 1. The molecule has 122 valence electrons. The summed E-state index contributed by atoms with van der Waals surface area (Å²) in [4.78, 5) is 17.1. The zero-order valence-corrected chi connectivity index (χ0v) is 13.5. The second-order valence-corrected chi connectivity index (χ2v) is 5.32. The summed E-state index contributed by atoms with van der Waals surface area (Å²) in [6.45, 7) is 2.27. The first kappa shape index (κ1) is 16.7. The number of carbonyl (C=O) groups is 1. The molecule has 0 unspecified atom stereocenters. The Hall–Kier alpha value is -2.63. The van der Waals surface area contributed by atoms with Crippen LogP contribution in [-0.2, 0) is 11.3 Å². The molecule has 1 aromatic carbocycles. The lowest BCUT2D eigenvalue weighted by Gasteiger charge is -2.13. The van der Waals surface area contributed by atoms with Crippen LogP contribution in [0.2, 0.25) is 0 Å². The van der Waals surface area contributed by atoms with Crippen LogP contribution in [0.4, 0.5) is 10.1 Å².